The number of carbonyl (C=O) groups is 2. The van der Waals surface area contributed by atoms with E-state index < -0.39 is 0 Å². The fraction of sp³-hybridized carbons (Fsp3) is 0. The minimum absolute atomic E-state index is 0.0917. The Labute approximate surface area is 186 Å². The molecule has 0 spiro atoms. The van der Waals surface area contributed by atoms with E-state index in [0.717, 1.165) is 3.57 Å². The Kier molecular flexibility index (Phi) is 6.77. The molecule has 0 aliphatic carbocycles. The van der Waals surface area contributed by atoms with Gasteiger partial charge >= 0.3 is 0 Å². The Morgan fingerprint density at radius 3 is 2.29 bits per heavy atom. The Hall–Kier alpha value is -2.29. The minimum Gasteiger partial charge on any atom is -0.332 e. The average Bonchev–Trinajstić information content (AvgIpc) is 2.69. The highest BCUT2D eigenvalue weighted by atomic mass is 127. The zero-order valence-electron chi connectivity index (χ0n) is 14.4. The topological polar surface area (TPSA) is 58.2 Å². The number of hydrogen-bond acceptors (Lipinski definition) is 3. The van der Waals surface area contributed by atoms with Crippen LogP contribution in [0, 0.1) is 3.57 Å². The Morgan fingerprint density at radius 1 is 0.893 bits per heavy atom. The molecule has 0 atom stereocenters. The fourth-order valence-corrected chi connectivity index (χ4v) is 3.53. The first-order valence-corrected chi connectivity index (χ1v) is 10.1. The first-order valence-electron chi connectivity index (χ1n) is 8.22. The number of benzene rings is 3. The minimum atomic E-state index is -0.326. The molecule has 140 valence electrons. The lowest BCUT2D eigenvalue weighted by molar-refractivity contribution is 0.0976. The van der Waals surface area contributed by atoms with Gasteiger partial charge < -0.3 is 5.32 Å². The molecule has 0 aliphatic rings. The Morgan fingerprint density at radius 2 is 1.57 bits per heavy atom. The van der Waals surface area contributed by atoms with E-state index in [9.17, 15) is 9.59 Å². The standard InChI is InChI=1S/C21H14ClIN2O2S/c22-14-10-11-18(16(12-14)19(26)13-6-2-1-3-7-13)24-21(28)25-20(27)15-8-4-5-9-17(15)23/h1-12H,(H2,24,25,27,28). The summed E-state index contributed by atoms with van der Waals surface area (Å²) in [5, 5.41) is 6.09. The van der Waals surface area contributed by atoms with Crippen molar-refractivity contribution in [1.82, 2.24) is 5.32 Å². The zero-order valence-corrected chi connectivity index (χ0v) is 18.1. The molecular weight excluding hydrogens is 507 g/mol. The summed E-state index contributed by atoms with van der Waals surface area (Å²) in [7, 11) is 0. The van der Waals surface area contributed by atoms with Gasteiger partial charge in [0.2, 0.25) is 0 Å². The molecule has 7 heteroatoms. The third-order valence-corrected chi connectivity index (χ3v) is 5.24. The molecule has 0 fully saturated rings. The molecule has 1 amide bonds. The summed E-state index contributed by atoms with van der Waals surface area (Å²) in [5.74, 6) is -0.523. The van der Waals surface area contributed by atoms with Gasteiger partial charge in [0.25, 0.3) is 5.91 Å². The number of anilines is 1. The first-order chi connectivity index (χ1) is 13.5. The maximum Gasteiger partial charge on any atom is 0.258 e. The van der Waals surface area contributed by atoms with Crippen LogP contribution in [0.2, 0.25) is 5.02 Å². The number of amides is 1. The van der Waals surface area contributed by atoms with Crippen molar-refractivity contribution in [2.75, 3.05) is 5.32 Å². The van der Waals surface area contributed by atoms with E-state index in [-0.39, 0.29) is 16.8 Å². The molecule has 28 heavy (non-hydrogen) atoms. The Bertz CT molecular complexity index is 1060. The largest absolute Gasteiger partial charge is 0.332 e. The van der Waals surface area contributed by atoms with Crippen LogP contribution >= 0.6 is 46.4 Å². The van der Waals surface area contributed by atoms with Gasteiger partial charge in [-0.15, -0.1) is 0 Å². The molecule has 3 rings (SSSR count). The van der Waals surface area contributed by atoms with Gasteiger partial charge in [-0.25, -0.2) is 0 Å². The quantitative estimate of drug-likeness (QED) is 0.278. The van der Waals surface area contributed by atoms with E-state index in [4.69, 9.17) is 23.8 Å². The van der Waals surface area contributed by atoms with Crippen molar-refractivity contribution in [3.63, 3.8) is 0 Å². The van der Waals surface area contributed by atoms with Gasteiger partial charge in [0.1, 0.15) is 0 Å². The van der Waals surface area contributed by atoms with E-state index in [1.165, 1.54) is 0 Å². The number of halogens is 2. The van der Waals surface area contributed by atoms with Crippen LogP contribution in [0.1, 0.15) is 26.3 Å². The fourth-order valence-electron chi connectivity index (χ4n) is 2.53. The van der Waals surface area contributed by atoms with Crippen molar-refractivity contribution in [3.8, 4) is 0 Å². The molecule has 0 saturated heterocycles. The summed E-state index contributed by atoms with van der Waals surface area (Å²) in [4.78, 5) is 25.3. The van der Waals surface area contributed by atoms with Crippen LogP contribution in [-0.4, -0.2) is 16.8 Å². The monoisotopic (exact) mass is 520 g/mol. The summed E-state index contributed by atoms with van der Waals surface area (Å²) < 4.78 is 0.812. The van der Waals surface area contributed by atoms with Crippen molar-refractivity contribution in [3.05, 3.63) is 98.1 Å². The molecule has 0 saturated carbocycles. The van der Waals surface area contributed by atoms with Gasteiger partial charge in [-0.1, -0.05) is 54.1 Å². The van der Waals surface area contributed by atoms with Gasteiger partial charge in [-0.3, -0.25) is 14.9 Å². The van der Waals surface area contributed by atoms with E-state index in [2.05, 4.69) is 33.2 Å². The molecule has 0 aliphatic heterocycles. The van der Waals surface area contributed by atoms with Crippen molar-refractivity contribution < 1.29 is 9.59 Å². The number of thiocarbonyl (C=S) groups is 1. The predicted octanol–water partition coefficient (Wildman–Crippen LogP) is 5.30. The molecule has 3 aromatic carbocycles. The third kappa shape index (κ3) is 4.95. The lowest BCUT2D eigenvalue weighted by Gasteiger charge is -2.14. The normalized spacial score (nSPS) is 10.2. The molecule has 0 unspecified atom stereocenters. The van der Waals surface area contributed by atoms with Crippen molar-refractivity contribution in [1.29, 1.82) is 0 Å². The highest BCUT2D eigenvalue weighted by molar-refractivity contribution is 14.1. The van der Waals surface area contributed by atoms with E-state index >= 15 is 0 Å². The van der Waals surface area contributed by atoms with Gasteiger partial charge in [-0.2, -0.15) is 0 Å². The number of carbonyl (C=O) groups excluding carboxylic acids is 2. The molecule has 4 nitrogen and oxygen atoms in total. The number of ketones is 1. The van der Waals surface area contributed by atoms with Crippen LogP contribution in [-0.2, 0) is 0 Å². The van der Waals surface area contributed by atoms with Crippen molar-refractivity contribution in [2.45, 2.75) is 0 Å². The molecule has 0 aromatic heterocycles. The first kappa shape index (κ1) is 20.4. The van der Waals surface area contributed by atoms with Crippen LogP contribution in [0.4, 0.5) is 5.69 Å². The molecule has 3 aromatic rings. The molecule has 0 bridgehead atoms. The van der Waals surface area contributed by atoms with Crippen molar-refractivity contribution in [2.24, 2.45) is 0 Å². The maximum atomic E-state index is 12.9. The van der Waals surface area contributed by atoms with Crippen LogP contribution in [0.25, 0.3) is 0 Å². The second-order valence-electron chi connectivity index (χ2n) is 5.77. The SMILES string of the molecule is O=C(NC(=S)Nc1ccc(Cl)cc1C(=O)c1ccccc1)c1ccccc1I. The Balaban J connectivity index is 1.81. The van der Waals surface area contributed by atoms with Crippen molar-refractivity contribution >= 4 is 68.9 Å². The van der Waals surface area contributed by atoms with Gasteiger partial charge in [0, 0.05) is 19.7 Å². The maximum absolute atomic E-state index is 12.9. The summed E-state index contributed by atoms with van der Waals surface area (Å²) in [6.07, 6.45) is 0. The second-order valence-corrected chi connectivity index (χ2v) is 7.78. The van der Waals surface area contributed by atoms with Gasteiger partial charge in [-0.05, 0) is 65.1 Å². The van der Waals surface area contributed by atoms with E-state index in [1.54, 1.807) is 54.6 Å². The average molecular weight is 521 g/mol. The summed E-state index contributed by atoms with van der Waals surface area (Å²) in [5.41, 5.74) is 1.88. The van der Waals surface area contributed by atoms with Crippen LogP contribution < -0.4 is 10.6 Å². The van der Waals surface area contributed by atoms with Crippen LogP contribution in [0.15, 0.2) is 72.8 Å². The smallest absolute Gasteiger partial charge is 0.258 e. The lowest BCUT2D eigenvalue weighted by atomic mass is 10.0. The highest BCUT2D eigenvalue weighted by Crippen LogP contribution is 2.24. The zero-order chi connectivity index (χ0) is 20.1. The summed E-state index contributed by atoms with van der Waals surface area (Å²) in [6, 6.07) is 20.9. The van der Waals surface area contributed by atoms with Crippen LogP contribution in [0.3, 0.4) is 0 Å². The third-order valence-electron chi connectivity index (χ3n) is 3.86. The summed E-state index contributed by atoms with van der Waals surface area (Å²) in [6.45, 7) is 0. The molecular formula is C21H14ClIN2O2S. The number of rotatable bonds is 4. The molecule has 2 N–H and O–H groups in total. The van der Waals surface area contributed by atoms with Gasteiger partial charge in [0.15, 0.2) is 10.9 Å². The van der Waals surface area contributed by atoms with E-state index in [0.29, 0.717) is 27.4 Å². The lowest BCUT2D eigenvalue weighted by Crippen LogP contribution is -2.35. The predicted molar refractivity (Wildman–Crippen MR) is 124 cm³/mol. The second kappa shape index (κ2) is 9.27. The highest BCUT2D eigenvalue weighted by Gasteiger charge is 2.16. The van der Waals surface area contributed by atoms with Gasteiger partial charge in [0.05, 0.1) is 11.3 Å². The summed E-state index contributed by atoms with van der Waals surface area (Å²) >= 11 is 13.4. The number of nitrogens with one attached hydrogen (secondary N) is 2. The van der Waals surface area contributed by atoms with E-state index in [1.807, 2.05) is 18.2 Å². The molecule has 0 heterocycles. The number of hydrogen-bond donors (Lipinski definition) is 2. The molecule has 0 radical (unpaired) electrons. The van der Waals surface area contributed by atoms with Crippen LogP contribution in [0.5, 0.6) is 0 Å².